The van der Waals surface area contributed by atoms with E-state index in [4.69, 9.17) is 4.74 Å². The molecule has 19 heavy (non-hydrogen) atoms. The predicted octanol–water partition coefficient (Wildman–Crippen LogP) is 2.33. The van der Waals surface area contributed by atoms with E-state index in [-0.39, 0.29) is 11.7 Å². The number of benzene rings is 1. The molecule has 1 aromatic heterocycles. The lowest BCUT2D eigenvalue weighted by Gasteiger charge is -2.07. The summed E-state index contributed by atoms with van der Waals surface area (Å²) in [6.45, 7) is 2.39. The first kappa shape index (κ1) is 12.9. The fraction of sp³-hybridized carbons (Fsp3) is 0.143. The Bertz CT molecular complexity index is 567. The van der Waals surface area contributed by atoms with E-state index in [1.165, 1.54) is 18.3 Å². The van der Waals surface area contributed by atoms with Crippen molar-refractivity contribution in [2.45, 2.75) is 6.92 Å². The van der Waals surface area contributed by atoms with E-state index in [1.807, 2.05) is 6.92 Å². The second kappa shape index (κ2) is 5.86. The molecule has 98 valence electrons. The lowest BCUT2D eigenvalue weighted by atomic mass is 10.3. The minimum absolute atomic E-state index is 0.171. The minimum Gasteiger partial charge on any atom is -0.508 e. The van der Waals surface area contributed by atoms with Crippen LogP contribution in [-0.2, 0) is 0 Å². The Morgan fingerprint density at radius 2 is 2.00 bits per heavy atom. The van der Waals surface area contributed by atoms with Crippen molar-refractivity contribution in [2.24, 2.45) is 0 Å². The Morgan fingerprint density at radius 3 is 2.68 bits per heavy atom. The third-order valence-electron chi connectivity index (χ3n) is 2.37. The summed E-state index contributed by atoms with van der Waals surface area (Å²) in [5.74, 6) is 1.02. The molecular formula is C14H14N2O3. The van der Waals surface area contributed by atoms with Crippen molar-refractivity contribution < 1.29 is 14.6 Å². The molecule has 2 aromatic rings. The zero-order valence-electron chi connectivity index (χ0n) is 10.5. The number of ether oxygens (including phenoxy) is 1. The second-order valence-corrected chi connectivity index (χ2v) is 3.83. The van der Waals surface area contributed by atoms with Crippen LogP contribution in [0.15, 0.2) is 42.6 Å². The number of phenolic OH excluding ortho intramolecular Hbond substituents is 1. The largest absolute Gasteiger partial charge is 0.508 e. The van der Waals surface area contributed by atoms with Crippen LogP contribution in [-0.4, -0.2) is 22.5 Å². The van der Waals surface area contributed by atoms with Gasteiger partial charge in [0.15, 0.2) is 0 Å². The zero-order chi connectivity index (χ0) is 13.7. The first-order valence-corrected chi connectivity index (χ1v) is 5.90. The van der Waals surface area contributed by atoms with E-state index < -0.39 is 0 Å². The summed E-state index contributed by atoms with van der Waals surface area (Å²) < 4.78 is 5.57. The number of phenols is 1. The fourth-order valence-corrected chi connectivity index (χ4v) is 1.50. The third kappa shape index (κ3) is 3.45. The van der Waals surface area contributed by atoms with Crippen LogP contribution in [0.25, 0.3) is 0 Å². The summed E-state index contributed by atoms with van der Waals surface area (Å²) in [5.41, 5.74) is 0.304. The van der Waals surface area contributed by atoms with Gasteiger partial charge in [-0.25, -0.2) is 0 Å². The lowest BCUT2D eigenvalue weighted by Crippen LogP contribution is -2.23. The average Bonchev–Trinajstić information content (AvgIpc) is 2.42. The Morgan fingerprint density at radius 1 is 1.26 bits per heavy atom. The maximum Gasteiger partial charge on any atom is 0.270 e. The average molecular weight is 258 g/mol. The highest BCUT2D eigenvalue weighted by Gasteiger charge is 2.07. The monoisotopic (exact) mass is 258 g/mol. The molecule has 0 unspecified atom stereocenters. The summed E-state index contributed by atoms with van der Waals surface area (Å²) in [6.07, 6.45) is 1.51. The number of hydrogen-bond acceptors (Lipinski definition) is 4. The summed E-state index contributed by atoms with van der Waals surface area (Å²) >= 11 is 0. The molecule has 0 fully saturated rings. The number of amides is 1. The van der Waals surface area contributed by atoms with Gasteiger partial charge in [-0.3, -0.25) is 9.78 Å². The van der Waals surface area contributed by atoms with E-state index in [2.05, 4.69) is 10.3 Å². The molecule has 2 rings (SSSR count). The van der Waals surface area contributed by atoms with Crippen molar-refractivity contribution in [3.8, 4) is 17.2 Å². The van der Waals surface area contributed by atoms with Crippen molar-refractivity contribution >= 4 is 5.91 Å². The molecule has 0 bridgehead atoms. The fourth-order valence-electron chi connectivity index (χ4n) is 1.50. The highest BCUT2D eigenvalue weighted by Crippen LogP contribution is 2.23. The SMILES string of the molecule is CCNC(=O)c1cc(Oc2ccc(O)cc2)ccn1. The Labute approximate surface area is 110 Å². The van der Waals surface area contributed by atoms with Gasteiger partial charge in [0.2, 0.25) is 0 Å². The summed E-state index contributed by atoms with van der Waals surface area (Å²) in [6, 6.07) is 9.57. The van der Waals surface area contributed by atoms with Crippen LogP contribution in [0.5, 0.6) is 17.2 Å². The summed E-state index contributed by atoms with van der Waals surface area (Å²) in [5, 5.41) is 11.9. The van der Waals surface area contributed by atoms with E-state index in [0.29, 0.717) is 23.7 Å². The normalized spacial score (nSPS) is 9.95. The van der Waals surface area contributed by atoms with E-state index in [9.17, 15) is 9.90 Å². The van der Waals surface area contributed by atoms with Gasteiger partial charge in [-0.15, -0.1) is 0 Å². The molecule has 0 aliphatic rings. The number of aromatic hydroxyl groups is 1. The van der Waals surface area contributed by atoms with Crippen LogP contribution in [0.4, 0.5) is 0 Å². The molecular weight excluding hydrogens is 244 g/mol. The van der Waals surface area contributed by atoms with Gasteiger partial charge < -0.3 is 15.2 Å². The number of pyridine rings is 1. The van der Waals surface area contributed by atoms with Crippen LogP contribution in [0, 0.1) is 0 Å². The maximum absolute atomic E-state index is 11.6. The molecule has 0 saturated carbocycles. The first-order chi connectivity index (χ1) is 9.19. The predicted molar refractivity (Wildman–Crippen MR) is 70.4 cm³/mol. The van der Waals surface area contributed by atoms with Crippen molar-refractivity contribution in [1.29, 1.82) is 0 Å². The minimum atomic E-state index is -0.237. The maximum atomic E-state index is 11.6. The molecule has 0 aliphatic heterocycles. The van der Waals surface area contributed by atoms with Gasteiger partial charge in [-0.1, -0.05) is 0 Å². The first-order valence-electron chi connectivity index (χ1n) is 5.90. The number of aromatic nitrogens is 1. The molecule has 0 atom stereocenters. The quantitative estimate of drug-likeness (QED) is 0.882. The number of carbonyl (C=O) groups excluding carboxylic acids is 1. The van der Waals surface area contributed by atoms with Gasteiger partial charge in [0.05, 0.1) is 0 Å². The molecule has 5 heteroatoms. The van der Waals surface area contributed by atoms with Crippen molar-refractivity contribution in [3.05, 3.63) is 48.3 Å². The molecule has 1 heterocycles. The van der Waals surface area contributed by atoms with Gasteiger partial charge in [-0.2, -0.15) is 0 Å². The van der Waals surface area contributed by atoms with E-state index >= 15 is 0 Å². The van der Waals surface area contributed by atoms with Crippen LogP contribution < -0.4 is 10.1 Å². The molecule has 2 N–H and O–H groups in total. The molecule has 5 nitrogen and oxygen atoms in total. The number of rotatable bonds is 4. The number of hydrogen-bond donors (Lipinski definition) is 2. The number of nitrogens with zero attached hydrogens (tertiary/aromatic N) is 1. The standard InChI is InChI=1S/C14H14N2O3/c1-2-15-14(18)13-9-12(7-8-16-13)19-11-5-3-10(17)4-6-11/h3-9,17H,2H2,1H3,(H,15,18). The zero-order valence-corrected chi connectivity index (χ0v) is 10.5. The number of nitrogens with one attached hydrogen (secondary N) is 1. The van der Waals surface area contributed by atoms with Crippen LogP contribution >= 0.6 is 0 Å². The molecule has 0 spiro atoms. The third-order valence-corrected chi connectivity index (χ3v) is 2.37. The molecule has 1 aromatic carbocycles. The topological polar surface area (TPSA) is 71.5 Å². The highest BCUT2D eigenvalue weighted by molar-refractivity contribution is 5.92. The smallest absolute Gasteiger partial charge is 0.270 e. The van der Waals surface area contributed by atoms with Gasteiger partial charge in [0, 0.05) is 18.8 Å². The molecule has 0 aliphatic carbocycles. The van der Waals surface area contributed by atoms with E-state index in [1.54, 1.807) is 24.3 Å². The van der Waals surface area contributed by atoms with Gasteiger partial charge in [0.25, 0.3) is 5.91 Å². The second-order valence-electron chi connectivity index (χ2n) is 3.83. The molecule has 0 radical (unpaired) electrons. The van der Waals surface area contributed by atoms with Gasteiger partial charge >= 0.3 is 0 Å². The van der Waals surface area contributed by atoms with Gasteiger partial charge in [0.1, 0.15) is 22.9 Å². The molecule has 0 saturated heterocycles. The van der Waals surface area contributed by atoms with Crippen LogP contribution in [0.1, 0.15) is 17.4 Å². The highest BCUT2D eigenvalue weighted by atomic mass is 16.5. The Kier molecular flexibility index (Phi) is 3.97. The van der Waals surface area contributed by atoms with Gasteiger partial charge in [-0.05, 0) is 37.3 Å². The summed E-state index contributed by atoms with van der Waals surface area (Å²) in [7, 11) is 0. The van der Waals surface area contributed by atoms with Crippen LogP contribution in [0.2, 0.25) is 0 Å². The van der Waals surface area contributed by atoms with Crippen LogP contribution in [0.3, 0.4) is 0 Å². The van der Waals surface area contributed by atoms with Crippen molar-refractivity contribution in [3.63, 3.8) is 0 Å². The van der Waals surface area contributed by atoms with E-state index in [0.717, 1.165) is 0 Å². The Balaban J connectivity index is 2.15. The number of carbonyl (C=O) groups is 1. The summed E-state index contributed by atoms with van der Waals surface area (Å²) in [4.78, 5) is 15.6. The van der Waals surface area contributed by atoms with Crippen molar-refractivity contribution in [1.82, 2.24) is 10.3 Å². The Hall–Kier alpha value is -2.56. The van der Waals surface area contributed by atoms with Crippen molar-refractivity contribution in [2.75, 3.05) is 6.54 Å². The lowest BCUT2D eigenvalue weighted by molar-refractivity contribution is 0.0950. The molecule has 1 amide bonds.